The van der Waals surface area contributed by atoms with E-state index in [0.29, 0.717) is 35.1 Å². The van der Waals surface area contributed by atoms with Gasteiger partial charge in [-0.05, 0) is 66.7 Å². The third-order valence-corrected chi connectivity index (χ3v) is 9.61. The van der Waals surface area contributed by atoms with E-state index in [1.165, 1.54) is 12.5 Å². The molecule has 3 aliphatic carbocycles. The van der Waals surface area contributed by atoms with Crippen LogP contribution in [0, 0.1) is 23.2 Å². The number of benzene rings is 1. The standard InChI is InChI=1S/C25H26N4O4S/c1-25(2)15-10-9-14(17(25)12-15)13-29-23-16(6-5-11-26-23)21(30)20(24(29)31)22-27-18-7-3-4-8-19(18)34(32,33)28-22/h3-8,11,14-15,17,30H,9-10,12-13H2,1-2H3,(H,27,28)/t14-,15-,17?/m0/s1. The minimum atomic E-state index is -4.03. The number of aromatic hydroxyl groups is 1. The zero-order valence-electron chi connectivity index (χ0n) is 19.0. The zero-order chi connectivity index (χ0) is 23.8. The van der Waals surface area contributed by atoms with Gasteiger partial charge in [-0.2, -0.15) is 8.42 Å². The Bertz CT molecular complexity index is 1540. The number of fused-ring (bicyclic) bond motifs is 4. The van der Waals surface area contributed by atoms with Crippen LogP contribution < -0.4 is 10.9 Å². The second-order valence-electron chi connectivity index (χ2n) is 10.2. The van der Waals surface area contributed by atoms with Gasteiger partial charge in [0.15, 0.2) is 5.84 Å². The van der Waals surface area contributed by atoms with Gasteiger partial charge in [0.1, 0.15) is 21.9 Å². The highest BCUT2D eigenvalue weighted by Gasteiger charge is 2.54. The number of nitrogens with zero attached hydrogens (tertiary/aromatic N) is 3. The van der Waals surface area contributed by atoms with Gasteiger partial charge in [0.05, 0.1) is 11.1 Å². The van der Waals surface area contributed by atoms with Gasteiger partial charge in [0, 0.05) is 12.7 Å². The smallest absolute Gasteiger partial charge is 0.286 e. The van der Waals surface area contributed by atoms with Crippen molar-refractivity contribution in [3.63, 3.8) is 0 Å². The van der Waals surface area contributed by atoms with Crippen LogP contribution in [0.25, 0.3) is 11.0 Å². The predicted octanol–water partition coefficient (Wildman–Crippen LogP) is 3.74. The second kappa shape index (κ2) is 7.15. The molecule has 3 aromatic rings. The van der Waals surface area contributed by atoms with Crippen LogP contribution in [-0.4, -0.2) is 28.9 Å². The monoisotopic (exact) mass is 478 g/mol. The molecule has 4 aliphatic rings. The molecule has 1 aromatic carbocycles. The quantitative estimate of drug-likeness (QED) is 0.593. The van der Waals surface area contributed by atoms with E-state index >= 15 is 0 Å². The minimum absolute atomic E-state index is 0.0324. The third-order valence-electron chi connectivity index (χ3n) is 8.28. The predicted molar refractivity (Wildman–Crippen MR) is 130 cm³/mol. The first-order valence-electron chi connectivity index (χ1n) is 11.6. The highest BCUT2D eigenvalue weighted by molar-refractivity contribution is 7.90. The van der Waals surface area contributed by atoms with Crippen molar-refractivity contribution in [1.29, 1.82) is 0 Å². The summed E-state index contributed by atoms with van der Waals surface area (Å²) in [5, 5.41) is 14.4. The number of hydrogen-bond acceptors (Lipinski definition) is 6. The number of anilines is 1. The molecule has 1 unspecified atom stereocenters. The minimum Gasteiger partial charge on any atom is -0.506 e. The van der Waals surface area contributed by atoms with Crippen LogP contribution >= 0.6 is 0 Å². The number of amidine groups is 1. The molecule has 9 heteroatoms. The van der Waals surface area contributed by atoms with Gasteiger partial charge >= 0.3 is 0 Å². The van der Waals surface area contributed by atoms with Crippen molar-refractivity contribution in [3.05, 3.63) is 58.5 Å². The lowest BCUT2D eigenvalue weighted by atomic mass is 9.45. The van der Waals surface area contributed by atoms with Crippen LogP contribution in [0.15, 0.2) is 56.7 Å². The van der Waals surface area contributed by atoms with Gasteiger partial charge in [-0.25, -0.2) is 4.98 Å². The van der Waals surface area contributed by atoms with Gasteiger partial charge in [0.2, 0.25) is 0 Å². The molecule has 7 rings (SSSR count). The average molecular weight is 479 g/mol. The van der Waals surface area contributed by atoms with Gasteiger partial charge in [-0.15, -0.1) is 4.40 Å². The van der Waals surface area contributed by atoms with Crippen LogP contribution in [0.4, 0.5) is 5.69 Å². The molecule has 0 radical (unpaired) electrons. The van der Waals surface area contributed by atoms with Gasteiger partial charge in [-0.3, -0.25) is 9.36 Å². The molecule has 1 aliphatic heterocycles. The fourth-order valence-electron chi connectivity index (χ4n) is 6.29. The van der Waals surface area contributed by atoms with Gasteiger partial charge < -0.3 is 10.4 Å². The Morgan fingerprint density at radius 2 is 1.97 bits per heavy atom. The molecule has 0 saturated heterocycles. The lowest BCUT2D eigenvalue weighted by Gasteiger charge is -2.60. The molecule has 2 bridgehead atoms. The van der Waals surface area contributed by atoms with Crippen molar-refractivity contribution in [2.24, 2.45) is 27.6 Å². The maximum atomic E-state index is 13.8. The van der Waals surface area contributed by atoms with Crippen LogP contribution in [0.3, 0.4) is 0 Å². The summed E-state index contributed by atoms with van der Waals surface area (Å²) >= 11 is 0. The number of nitrogens with one attached hydrogen (secondary N) is 1. The molecule has 3 fully saturated rings. The molecular formula is C25H26N4O4S. The molecule has 3 saturated carbocycles. The molecule has 176 valence electrons. The molecule has 2 N–H and O–H groups in total. The van der Waals surface area contributed by atoms with E-state index in [1.807, 2.05) is 0 Å². The van der Waals surface area contributed by atoms with Crippen molar-refractivity contribution >= 4 is 32.6 Å². The topological polar surface area (TPSA) is 114 Å². The number of hydrogen-bond donors (Lipinski definition) is 2. The fraction of sp³-hybridized carbons (Fsp3) is 0.400. The maximum absolute atomic E-state index is 13.8. The summed E-state index contributed by atoms with van der Waals surface area (Å²) < 4.78 is 31.1. The van der Waals surface area contributed by atoms with E-state index in [0.717, 1.165) is 18.8 Å². The van der Waals surface area contributed by atoms with E-state index in [4.69, 9.17) is 0 Å². The van der Waals surface area contributed by atoms with Crippen LogP contribution in [0.5, 0.6) is 5.75 Å². The summed E-state index contributed by atoms with van der Waals surface area (Å²) in [6.45, 7) is 5.09. The Morgan fingerprint density at radius 3 is 2.74 bits per heavy atom. The van der Waals surface area contributed by atoms with Crippen LogP contribution in [0.2, 0.25) is 0 Å². The first kappa shape index (κ1) is 21.3. The summed E-state index contributed by atoms with van der Waals surface area (Å²) in [7, 11) is -4.03. The number of para-hydroxylation sites is 1. The lowest BCUT2D eigenvalue weighted by molar-refractivity contribution is -0.108. The summed E-state index contributed by atoms with van der Waals surface area (Å²) in [5.41, 5.74) is 0.317. The van der Waals surface area contributed by atoms with Crippen molar-refractivity contribution in [3.8, 4) is 5.75 Å². The van der Waals surface area contributed by atoms with E-state index in [-0.39, 0.29) is 27.5 Å². The average Bonchev–Trinajstić information content (AvgIpc) is 2.81. The lowest BCUT2D eigenvalue weighted by Crippen LogP contribution is -2.53. The molecule has 2 aromatic heterocycles. The number of pyridine rings is 2. The number of aromatic nitrogens is 2. The van der Waals surface area contributed by atoms with Crippen molar-refractivity contribution < 1.29 is 13.5 Å². The second-order valence-corrected chi connectivity index (χ2v) is 11.8. The van der Waals surface area contributed by atoms with E-state index in [1.54, 1.807) is 41.1 Å². The Morgan fingerprint density at radius 1 is 1.18 bits per heavy atom. The summed E-state index contributed by atoms with van der Waals surface area (Å²) in [5.74, 6) is 1.07. The maximum Gasteiger partial charge on any atom is 0.286 e. The molecule has 8 nitrogen and oxygen atoms in total. The third kappa shape index (κ3) is 2.95. The van der Waals surface area contributed by atoms with E-state index in [9.17, 15) is 18.3 Å². The highest BCUT2D eigenvalue weighted by Crippen LogP contribution is 2.61. The molecular weight excluding hydrogens is 452 g/mol. The zero-order valence-corrected chi connectivity index (χ0v) is 19.8. The number of sulfonamides is 1. The van der Waals surface area contributed by atoms with E-state index in [2.05, 4.69) is 28.5 Å². The van der Waals surface area contributed by atoms with Crippen LogP contribution in [0.1, 0.15) is 38.7 Å². The highest BCUT2D eigenvalue weighted by atomic mass is 32.2. The molecule has 3 heterocycles. The molecule has 0 spiro atoms. The largest absolute Gasteiger partial charge is 0.506 e. The van der Waals surface area contributed by atoms with Crippen molar-refractivity contribution in [2.75, 3.05) is 5.32 Å². The number of rotatable bonds is 3. The summed E-state index contributed by atoms with van der Waals surface area (Å²) in [6.07, 6.45) is 4.95. The van der Waals surface area contributed by atoms with Gasteiger partial charge in [-0.1, -0.05) is 26.0 Å². The van der Waals surface area contributed by atoms with Crippen LogP contribution in [-0.2, 0) is 16.6 Å². The van der Waals surface area contributed by atoms with Gasteiger partial charge in [0.25, 0.3) is 15.6 Å². The Balaban J connectivity index is 1.52. The first-order chi connectivity index (χ1) is 16.2. The normalized spacial score (nSPS) is 26.2. The first-order valence-corrected chi connectivity index (χ1v) is 13.0. The molecule has 34 heavy (non-hydrogen) atoms. The molecule has 3 atom stereocenters. The Kier molecular flexibility index (Phi) is 4.49. The Labute approximate surface area is 197 Å². The van der Waals surface area contributed by atoms with E-state index < -0.39 is 15.6 Å². The molecule has 0 amide bonds. The summed E-state index contributed by atoms with van der Waals surface area (Å²) in [6, 6.07) is 9.75. The summed E-state index contributed by atoms with van der Waals surface area (Å²) in [4.78, 5) is 18.3. The van der Waals surface area contributed by atoms with Crippen molar-refractivity contribution in [1.82, 2.24) is 9.55 Å². The fourth-order valence-corrected chi connectivity index (χ4v) is 7.41. The Hall–Kier alpha value is -3.20. The van der Waals surface area contributed by atoms with Crippen molar-refractivity contribution in [2.45, 2.75) is 44.6 Å². The SMILES string of the molecule is CC1(C)C2C[C@@H]1CC[C@H]2Cn1c(=O)c(C2=NS(=O)(=O)c3ccccc3N2)c(O)c2cccnc21.